The fourth-order valence-corrected chi connectivity index (χ4v) is 4.41. The van der Waals surface area contributed by atoms with Crippen LogP contribution < -0.4 is 0 Å². The second-order valence-corrected chi connectivity index (χ2v) is 8.13. The molecule has 0 radical (unpaired) electrons. The molecule has 1 aliphatic rings. The van der Waals surface area contributed by atoms with Gasteiger partial charge in [0.25, 0.3) is 0 Å². The van der Waals surface area contributed by atoms with Crippen LogP contribution in [0.1, 0.15) is 12.0 Å². The van der Waals surface area contributed by atoms with Crippen molar-refractivity contribution in [1.29, 1.82) is 0 Å². The summed E-state index contributed by atoms with van der Waals surface area (Å²) in [6.45, 7) is 0.980. The number of nitrogens with zero attached hydrogens (tertiary/aromatic N) is 1. The molecule has 2 rings (SSSR count). The molecule has 0 unspecified atom stereocenters. The summed E-state index contributed by atoms with van der Waals surface area (Å²) in [4.78, 5) is 0. The molecular formula is C14H20ClNO3S. The lowest BCUT2D eigenvalue weighted by Crippen LogP contribution is -2.44. The molecule has 4 nitrogen and oxygen atoms in total. The zero-order valence-corrected chi connectivity index (χ0v) is 13.3. The maximum Gasteiger partial charge on any atom is 0.216 e. The second-order valence-electron chi connectivity index (χ2n) is 5.32. The molecule has 1 fully saturated rings. The van der Waals surface area contributed by atoms with Gasteiger partial charge in [-0.2, -0.15) is 0 Å². The third-order valence-corrected chi connectivity index (χ3v) is 6.32. The number of benzene rings is 1. The van der Waals surface area contributed by atoms with E-state index in [9.17, 15) is 8.42 Å². The third kappa shape index (κ3) is 3.52. The van der Waals surface area contributed by atoms with Crippen molar-refractivity contribution in [2.75, 3.05) is 27.3 Å². The van der Waals surface area contributed by atoms with Crippen molar-refractivity contribution in [3.05, 3.63) is 34.9 Å². The van der Waals surface area contributed by atoms with Crippen LogP contribution in [0.5, 0.6) is 0 Å². The molecule has 2 atom stereocenters. The van der Waals surface area contributed by atoms with E-state index in [1.54, 1.807) is 14.1 Å². The van der Waals surface area contributed by atoms with Crippen LogP contribution in [-0.4, -0.2) is 45.3 Å². The molecular weight excluding hydrogens is 298 g/mol. The number of sulfonamides is 1. The molecule has 112 valence electrons. The van der Waals surface area contributed by atoms with Gasteiger partial charge in [0.2, 0.25) is 10.0 Å². The Labute approximate surface area is 125 Å². The topological polar surface area (TPSA) is 46.6 Å². The summed E-state index contributed by atoms with van der Waals surface area (Å²) in [7, 11) is -0.0899. The predicted octanol–water partition coefficient (Wildman–Crippen LogP) is 2.18. The van der Waals surface area contributed by atoms with E-state index in [1.165, 1.54) is 4.31 Å². The molecule has 0 bridgehead atoms. The molecule has 1 aromatic carbocycles. The molecule has 6 heteroatoms. The van der Waals surface area contributed by atoms with Gasteiger partial charge in [0.15, 0.2) is 0 Å². The molecule has 0 aliphatic carbocycles. The summed E-state index contributed by atoms with van der Waals surface area (Å²) in [6, 6.07) is 7.56. The molecule has 20 heavy (non-hydrogen) atoms. The van der Waals surface area contributed by atoms with Crippen molar-refractivity contribution in [3.8, 4) is 0 Å². The highest BCUT2D eigenvalue weighted by Gasteiger charge is 2.37. The standard InChI is InChI=1S/C14H20ClNO3S/c1-16(2)20(17,18)14-6-7-19-10-12(14)8-11-4-3-5-13(15)9-11/h3-5,9,12,14H,6-8,10H2,1-2H3/t12-,14-/m1/s1. The largest absolute Gasteiger partial charge is 0.381 e. The van der Waals surface area contributed by atoms with E-state index >= 15 is 0 Å². The Bertz CT molecular complexity index is 559. The van der Waals surface area contributed by atoms with Gasteiger partial charge >= 0.3 is 0 Å². The summed E-state index contributed by atoms with van der Waals surface area (Å²) in [5.41, 5.74) is 1.05. The SMILES string of the molecule is CN(C)S(=O)(=O)[C@@H]1CCOC[C@H]1Cc1cccc(Cl)c1. The quantitative estimate of drug-likeness (QED) is 0.855. The Balaban J connectivity index is 2.20. The average molecular weight is 318 g/mol. The summed E-state index contributed by atoms with van der Waals surface area (Å²) < 4.78 is 31.6. The molecule has 0 N–H and O–H groups in total. The Morgan fingerprint density at radius 1 is 1.40 bits per heavy atom. The lowest BCUT2D eigenvalue weighted by atomic mass is 9.94. The molecule has 1 saturated heterocycles. The maximum atomic E-state index is 12.4. The molecule has 0 spiro atoms. The van der Waals surface area contributed by atoms with E-state index in [2.05, 4.69) is 0 Å². The smallest absolute Gasteiger partial charge is 0.216 e. The number of ether oxygens (including phenoxy) is 1. The van der Waals surface area contributed by atoms with Gasteiger partial charge in [0, 0.05) is 31.6 Å². The van der Waals surface area contributed by atoms with E-state index in [-0.39, 0.29) is 11.2 Å². The fourth-order valence-electron chi connectivity index (χ4n) is 2.60. The first-order valence-electron chi connectivity index (χ1n) is 6.65. The zero-order chi connectivity index (χ0) is 14.8. The van der Waals surface area contributed by atoms with E-state index in [1.807, 2.05) is 24.3 Å². The third-order valence-electron chi connectivity index (χ3n) is 3.68. The summed E-state index contributed by atoms with van der Waals surface area (Å²) >= 11 is 5.98. The Morgan fingerprint density at radius 2 is 2.15 bits per heavy atom. The second kappa shape index (κ2) is 6.43. The molecule has 0 amide bonds. The summed E-state index contributed by atoms with van der Waals surface area (Å²) in [5.74, 6) is -0.0328. The van der Waals surface area contributed by atoms with E-state index in [0.29, 0.717) is 31.1 Å². The monoisotopic (exact) mass is 317 g/mol. The van der Waals surface area contributed by atoms with Crippen LogP contribution in [0, 0.1) is 5.92 Å². The van der Waals surface area contributed by atoms with Crippen LogP contribution in [-0.2, 0) is 21.2 Å². The lowest BCUT2D eigenvalue weighted by Gasteiger charge is -2.33. The van der Waals surface area contributed by atoms with Crippen molar-refractivity contribution in [2.45, 2.75) is 18.1 Å². The van der Waals surface area contributed by atoms with Crippen LogP contribution >= 0.6 is 11.6 Å². The van der Waals surface area contributed by atoms with Gasteiger partial charge in [0.1, 0.15) is 0 Å². The highest BCUT2D eigenvalue weighted by molar-refractivity contribution is 7.89. The highest BCUT2D eigenvalue weighted by atomic mass is 35.5. The fraction of sp³-hybridized carbons (Fsp3) is 0.571. The Hall–Kier alpha value is -0.620. The van der Waals surface area contributed by atoms with E-state index in [0.717, 1.165) is 5.56 Å². The van der Waals surface area contributed by atoms with Crippen molar-refractivity contribution in [3.63, 3.8) is 0 Å². The molecule has 1 heterocycles. The van der Waals surface area contributed by atoms with Crippen molar-refractivity contribution in [1.82, 2.24) is 4.31 Å². The minimum absolute atomic E-state index is 0.0328. The van der Waals surface area contributed by atoms with Gasteiger partial charge in [0.05, 0.1) is 11.9 Å². The van der Waals surface area contributed by atoms with Gasteiger partial charge < -0.3 is 4.74 Å². The Morgan fingerprint density at radius 3 is 2.80 bits per heavy atom. The van der Waals surface area contributed by atoms with Gasteiger partial charge in [-0.05, 0) is 30.5 Å². The number of halogens is 1. The number of hydrogen-bond donors (Lipinski definition) is 0. The maximum absolute atomic E-state index is 12.4. The number of hydrogen-bond acceptors (Lipinski definition) is 3. The van der Waals surface area contributed by atoms with Gasteiger partial charge in [-0.1, -0.05) is 23.7 Å². The molecule has 1 aliphatic heterocycles. The van der Waals surface area contributed by atoms with Crippen molar-refractivity contribution >= 4 is 21.6 Å². The lowest BCUT2D eigenvalue weighted by molar-refractivity contribution is 0.0563. The minimum atomic E-state index is -3.26. The zero-order valence-electron chi connectivity index (χ0n) is 11.8. The van der Waals surface area contributed by atoms with Gasteiger partial charge in [-0.3, -0.25) is 0 Å². The van der Waals surface area contributed by atoms with E-state index in [4.69, 9.17) is 16.3 Å². The van der Waals surface area contributed by atoms with Crippen LogP contribution in [0.25, 0.3) is 0 Å². The summed E-state index contributed by atoms with van der Waals surface area (Å²) in [6.07, 6.45) is 1.21. The number of rotatable bonds is 4. The van der Waals surface area contributed by atoms with Crippen LogP contribution in [0.15, 0.2) is 24.3 Å². The van der Waals surface area contributed by atoms with Crippen molar-refractivity contribution < 1.29 is 13.2 Å². The van der Waals surface area contributed by atoms with Crippen LogP contribution in [0.4, 0.5) is 0 Å². The first-order valence-corrected chi connectivity index (χ1v) is 8.53. The van der Waals surface area contributed by atoms with Crippen LogP contribution in [0.2, 0.25) is 5.02 Å². The van der Waals surface area contributed by atoms with Crippen LogP contribution in [0.3, 0.4) is 0 Å². The van der Waals surface area contributed by atoms with Gasteiger partial charge in [-0.15, -0.1) is 0 Å². The summed E-state index contributed by atoms with van der Waals surface area (Å²) in [5, 5.41) is 0.288. The minimum Gasteiger partial charge on any atom is -0.381 e. The average Bonchev–Trinajstić information content (AvgIpc) is 2.39. The molecule has 0 saturated carbocycles. The highest BCUT2D eigenvalue weighted by Crippen LogP contribution is 2.27. The van der Waals surface area contributed by atoms with Gasteiger partial charge in [-0.25, -0.2) is 12.7 Å². The first kappa shape index (κ1) is 15.8. The first-order chi connectivity index (χ1) is 9.41. The Kier molecular flexibility index (Phi) is 5.07. The normalized spacial score (nSPS) is 24.0. The molecule has 0 aromatic heterocycles. The molecule has 1 aromatic rings. The predicted molar refractivity (Wildman–Crippen MR) is 80.5 cm³/mol. The van der Waals surface area contributed by atoms with E-state index < -0.39 is 10.0 Å². The van der Waals surface area contributed by atoms with Crippen molar-refractivity contribution in [2.24, 2.45) is 5.92 Å².